The van der Waals surface area contributed by atoms with Crippen molar-refractivity contribution in [3.05, 3.63) is 59.7 Å². The van der Waals surface area contributed by atoms with Gasteiger partial charge in [0.15, 0.2) is 0 Å². The molecule has 0 bridgehead atoms. The van der Waals surface area contributed by atoms with Gasteiger partial charge in [0.05, 0.1) is 0 Å². The van der Waals surface area contributed by atoms with Gasteiger partial charge in [0, 0.05) is 20.4 Å². The minimum atomic E-state index is 0. The summed E-state index contributed by atoms with van der Waals surface area (Å²) in [6.07, 6.45) is 9.64. The number of hydrogen-bond acceptors (Lipinski definition) is 1. The highest BCUT2D eigenvalue weighted by molar-refractivity contribution is 5.37. The molecule has 0 aromatic heterocycles. The second kappa shape index (κ2) is 7.49. The zero-order valence-electron chi connectivity index (χ0n) is 14.9. The number of nitrogens with zero attached hydrogens (tertiary/aromatic N) is 1. The molecule has 1 aromatic carbocycles. The maximum Gasteiger partial charge on any atom is 0.00982 e. The van der Waals surface area contributed by atoms with E-state index in [0.717, 1.165) is 11.8 Å². The van der Waals surface area contributed by atoms with Crippen molar-refractivity contribution >= 4 is 0 Å². The summed E-state index contributed by atoms with van der Waals surface area (Å²) in [5.74, 6) is 3.00. The molecule has 2 atom stereocenters. The first-order valence-electron chi connectivity index (χ1n) is 9.29. The van der Waals surface area contributed by atoms with E-state index in [2.05, 4.69) is 74.2 Å². The number of likely N-dealkylation sites (tertiary alicyclic amines) is 1. The van der Waals surface area contributed by atoms with Crippen LogP contribution in [0.25, 0.3) is 0 Å². The molecule has 1 nitrogen and oxygen atoms in total. The molecule has 0 N–H and O–H groups in total. The van der Waals surface area contributed by atoms with E-state index in [4.69, 9.17) is 0 Å². The Labute approximate surface area is 143 Å². The van der Waals surface area contributed by atoms with Gasteiger partial charge in [-0.15, -0.1) is 0 Å². The van der Waals surface area contributed by atoms with Crippen LogP contribution < -0.4 is 0 Å². The highest BCUT2D eigenvalue weighted by atomic mass is 15.2. The molecule has 1 heterocycles. The summed E-state index contributed by atoms with van der Waals surface area (Å²) in [4.78, 5) is 2.64. The Hall–Kier alpha value is -1.34. The van der Waals surface area contributed by atoms with Crippen LogP contribution in [0.15, 0.2) is 54.1 Å². The summed E-state index contributed by atoms with van der Waals surface area (Å²) >= 11 is 0. The summed E-state index contributed by atoms with van der Waals surface area (Å²) in [6.45, 7) is 10.8. The lowest BCUT2D eigenvalue weighted by Gasteiger charge is -2.42. The minimum absolute atomic E-state index is 0. The van der Waals surface area contributed by atoms with E-state index < -0.39 is 0 Å². The standard InChI is InChI=1S/C22H31N.H2/c1-17(2)21-15-23(16-21)14-13-22(19-7-5-4-6-8-19)20-11-9-18(3)10-12-20;/h4-9,11-12,17-18,21-22H,10,13-16H2,1-3H3;1H. The van der Waals surface area contributed by atoms with Crippen LogP contribution in [0, 0.1) is 17.8 Å². The lowest BCUT2D eigenvalue weighted by molar-refractivity contribution is 0.0666. The van der Waals surface area contributed by atoms with Crippen molar-refractivity contribution in [1.29, 1.82) is 0 Å². The van der Waals surface area contributed by atoms with Gasteiger partial charge >= 0.3 is 0 Å². The lowest BCUT2D eigenvalue weighted by Crippen LogP contribution is -2.49. The molecule has 3 rings (SSSR count). The summed E-state index contributed by atoms with van der Waals surface area (Å²) in [5, 5.41) is 0. The first kappa shape index (κ1) is 16.5. The number of benzene rings is 1. The number of allylic oxidation sites excluding steroid dienone is 4. The third-order valence-electron chi connectivity index (χ3n) is 5.61. The smallest absolute Gasteiger partial charge is 0.00982 e. The predicted octanol–water partition coefficient (Wildman–Crippen LogP) is 5.52. The van der Waals surface area contributed by atoms with E-state index in [1.54, 1.807) is 0 Å². The molecule has 1 saturated heterocycles. The molecule has 1 fully saturated rings. The quantitative estimate of drug-likeness (QED) is 0.669. The summed E-state index contributed by atoms with van der Waals surface area (Å²) in [6, 6.07) is 11.1. The van der Waals surface area contributed by atoms with Gasteiger partial charge in [-0.3, -0.25) is 0 Å². The van der Waals surface area contributed by atoms with Gasteiger partial charge in [-0.05, 0) is 48.3 Å². The average molecular weight is 312 g/mol. The fraction of sp³-hybridized carbons (Fsp3) is 0.545. The Morgan fingerprint density at radius 2 is 1.91 bits per heavy atom. The van der Waals surface area contributed by atoms with Crippen LogP contribution in [0.2, 0.25) is 0 Å². The Kier molecular flexibility index (Phi) is 5.38. The monoisotopic (exact) mass is 311 g/mol. The maximum atomic E-state index is 2.64. The van der Waals surface area contributed by atoms with Crippen LogP contribution in [-0.4, -0.2) is 24.5 Å². The molecule has 2 aliphatic rings. The Morgan fingerprint density at radius 1 is 1.17 bits per heavy atom. The summed E-state index contributed by atoms with van der Waals surface area (Å²) in [5.41, 5.74) is 2.99. The highest BCUT2D eigenvalue weighted by Crippen LogP contribution is 2.33. The fourth-order valence-electron chi connectivity index (χ4n) is 3.74. The molecular formula is C22H33N. The molecule has 126 valence electrons. The fourth-order valence-corrected chi connectivity index (χ4v) is 3.74. The van der Waals surface area contributed by atoms with Gasteiger partial charge in [0.25, 0.3) is 0 Å². The van der Waals surface area contributed by atoms with E-state index in [1.165, 1.54) is 43.6 Å². The third kappa shape index (κ3) is 4.14. The number of hydrogen-bond donors (Lipinski definition) is 0. The second-order valence-electron chi connectivity index (χ2n) is 7.79. The van der Waals surface area contributed by atoms with Crippen molar-refractivity contribution in [3.8, 4) is 0 Å². The highest BCUT2D eigenvalue weighted by Gasteiger charge is 2.29. The maximum absolute atomic E-state index is 2.64. The first-order valence-corrected chi connectivity index (χ1v) is 9.29. The van der Waals surface area contributed by atoms with E-state index in [9.17, 15) is 0 Å². The van der Waals surface area contributed by atoms with Gasteiger partial charge in [-0.2, -0.15) is 0 Å². The Bertz CT molecular complexity index is 555. The normalized spacial score (nSPS) is 23.7. The van der Waals surface area contributed by atoms with Gasteiger partial charge < -0.3 is 4.90 Å². The predicted molar refractivity (Wildman–Crippen MR) is 102 cm³/mol. The number of rotatable bonds is 6. The molecule has 0 spiro atoms. The largest absolute Gasteiger partial charge is 0.303 e. The molecule has 1 heteroatoms. The van der Waals surface area contributed by atoms with E-state index in [-0.39, 0.29) is 1.43 Å². The topological polar surface area (TPSA) is 3.24 Å². The van der Waals surface area contributed by atoms with E-state index in [1.807, 2.05) is 0 Å². The van der Waals surface area contributed by atoms with Gasteiger partial charge in [0.2, 0.25) is 0 Å². The van der Waals surface area contributed by atoms with Crippen molar-refractivity contribution in [2.75, 3.05) is 19.6 Å². The van der Waals surface area contributed by atoms with Crippen molar-refractivity contribution in [2.45, 2.75) is 39.5 Å². The van der Waals surface area contributed by atoms with Crippen LogP contribution in [0.4, 0.5) is 0 Å². The zero-order chi connectivity index (χ0) is 16.2. The SMILES string of the molecule is CC1C=CC(C(CCN2CC(C(C)C)C2)c2ccccc2)=CC1.[HH]. The van der Waals surface area contributed by atoms with Crippen molar-refractivity contribution in [3.63, 3.8) is 0 Å². The second-order valence-corrected chi connectivity index (χ2v) is 7.79. The van der Waals surface area contributed by atoms with Crippen LogP contribution >= 0.6 is 0 Å². The molecule has 1 aliphatic carbocycles. The zero-order valence-corrected chi connectivity index (χ0v) is 14.9. The Balaban J connectivity index is 0.00000208. The Morgan fingerprint density at radius 3 is 2.52 bits per heavy atom. The first-order chi connectivity index (χ1) is 11.1. The van der Waals surface area contributed by atoms with E-state index >= 15 is 0 Å². The van der Waals surface area contributed by atoms with Crippen LogP contribution in [0.3, 0.4) is 0 Å². The van der Waals surface area contributed by atoms with Gasteiger partial charge in [-0.25, -0.2) is 0 Å². The van der Waals surface area contributed by atoms with Crippen LogP contribution in [-0.2, 0) is 0 Å². The van der Waals surface area contributed by atoms with Crippen molar-refractivity contribution < 1.29 is 1.43 Å². The van der Waals surface area contributed by atoms with Crippen LogP contribution in [0.1, 0.15) is 46.5 Å². The van der Waals surface area contributed by atoms with Crippen molar-refractivity contribution in [1.82, 2.24) is 4.90 Å². The average Bonchev–Trinajstić information content (AvgIpc) is 2.51. The van der Waals surface area contributed by atoms with Gasteiger partial charge in [0.1, 0.15) is 0 Å². The summed E-state index contributed by atoms with van der Waals surface area (Å²) < 4.78 is 0. The minimum Gasteiger partial charge on any atom is -0.303 e. The molecule has 1 aromatic rings. The molecule has 23 heavy (non-hydrogen) atoms. The summed E-state index contributed by atoms with van der Waals surface area (Å²) in [7, 11) is 0. The van der Waals surface area contributed by atoms with Crippen molar-refractivity contribution in [2.24, 2.45) is 17.8 Å². The molecule has 0 amide bonds. The van der Waals surface area contributed by atoms with Gasteiger partial charge in [-0.1, -0.05) is 69.3 Å². The lowest BCUT2D eigenvalue weighted by atomic mass is 9.83. The molecule has 0 radical (unpaired) electrons. The molecular weight excluding hydrogens is 278 g/mol. The molecule has 0 saturated carbocycles. The van der Waals surface area contributed by atoms with E-state index in [0.29, 0.717) is 11.8 Å². The molecule has 1 aliphatic heterocycles. The van der Waals surface area contributed by atoms with Crippen LogP contribution in [0.5, 0.6) is 0 Å². The molecule has 2 unspecified atom stereocenters. The third-order valence-corrected chi connectivity index (χ3v) is 5.61.